The average Bonchev–Trinajstić information content (AvgIpc) is 3.08. The van der Waals surface area contributed by atoms with Gasteiger partial charge in [-0.05, 0) is 29.7 Å². The molecule has 0 amide bonds. The summed E-state index contributed by atoms with van der Waals surface area (Å²) in [4.78, 5) is -0.0641. The van der Waals surface area contributed by atoms with Crippen LogP contribution in [0.25, 0.3) is 0 Å². The van der Waals surface area contributed by atoms with Crippen molar-refractivity contribution in [2.24, 2.45) is 0 Å². The summed E-state index contributed by atoms with van der Waals surface area (Å²) in [5, 5.41) is 0.0638. The minimum Gasteiger partial charge on any atom is -0.490 e. The Balaban J connectivity index is 1.50. The predicted molar refractivity (Wildman–Crippen MR) is 128 cm³/mol. The van der Waals surface area contributed by atoms with Crippen LogP contribution in [-0.4, -0.2) is 34.8 Å². The lowest BCUT2D eigenvalue weighted by Crippen LogP contribution is -2.30. The minimum absolute atomic E-state index is 0.0638. The fourth-order valence-electron chi connectivity index (χ4n) is 3.98. The summed E-state index contributed by atoms with van der Waals surface area (Å²) in [7, 11) is -4.01. The van der Waals surface area contributed by atoms with Gasteiger partial charge in [0.15, 0.2) is 23.0 Å². The van der Waals surface area contributed by atoms with Gasteiger partial charge in [0.1, 0.15) is 18.1 Å². The molecule has 2 heterocycles. The molecule has 7 nitrogen and oxygen atoms in total. The first-order valence-corrected chi connectivity index (χ1v) is 12.9. The van der Waals surface area contributed by atoms with E-state index in [1.807, 2.05) is 48.5 Å². The van der Waals surface area contributed by atoms with Crippen LogP contribution in [0.4, 0.5) is 0 Å². The molecule has 2 aliphatic heterocycles. The molecule has 1 N–H and O–H groups in total. The molecule has 0 aromatic heterocycles. The van der Waals surface area contributed by atoms with Crippen molar-refractivity contribution in [2.45, 2.75) is 23.8 Å². The van der Waals surface area contributed by atoms with Crippen molar-refractivity contribution in [3.63, 3.8) is 0 Å². The second kappa shape index (κ2) is 9.74. The summed E-state index contributed by atoms with van der Waals surface area (Å²) in [5.74, 6) is 2.03. The highest BCUT2D eigenvalue weighted by Crippen LogP contribution is 2.38. The Morgan fingerprint density at radius 1 is 0.794 bits per heavy atom. The predicted octanol–water partition coefficient (Wildman–Crippen LogP) is 4.53. The third-order valence-corrected chi connectivity index (χ3v) is 7.58. The number of hydrogen-bond donors (Lipinski definition) is 1. The van der Waals surface area contributed by atoms with E-state index in [1.54, 1.807) is 0 Å². The van der Waals surface area contributed by atoms with Crippen molar-refractivity contribution < 1.29 is 27.4 Å². The van der Waals surface area contributed by atoms with Gasteiger partial charge in [-0.1, -0.05) is 48.0 Å². The van der Waals surface area contributed by atoms with E-state index in [0.29, 0.717) is 55.8 Å². The van der Waals surface area contributed by atoms with Gasteiger partial charge in [0, 0.05) is 18.6 Å². The normalized spacial score (nSPS) is 15.9. The lowest BCUT2D eigenvalue weighted by Gasteiger charge is -2.23. The number of hydrogen-bond acceptors (Lipinski definition) is 6. The number of rotatable bonds is 6. The summed E-state index contributed by atoms with van der Waals surface area (Å²) in [6.07, 6.45) is 1.22. The highest BCUT2D eigenvalue weighted by Gasteiger charge is 2.28. The topological polar surface area (TPSA) is 83.1 Å². The van der Waals surface area contributed by atoms with E-state index in [1.165, 1.54) is 12.1 Å². The molecule has 34 heavy (non-hydrogen) atoms. The van der Waals surface area contributed by atoms with Gasteiger partial charge in [0.2, 0.25) is 10.0 Å². The number of sulfonamides is 1. The Kier molecular flexibility index (Phi) is 6.54. The number of fused-ring (bicyclic) bond motifs is 2. The van der Waals surface area contributed by atoms with Crippen LogP contribution in [0.1, 0.15) is 23.6 Å². The summed E-state index contributed by atoms with van der Waals surface area (Å²) >= 11 is 6.36. The molecule has 0 bridgehead atoms. The number of nitrogens with one attached hydrogen (secondary N) is 1. The monoisotopic (exact) mass is 501 g/mol. The molecule has 0 aliphatic carbocycles. The molecule has 0 spiro atoms. The molecule has 1 atom stereocenters. The van der Waals surface area contributed by atoms with Gasteiger partial charge in [-0.25, -0.2) is 13.1 Å². The average molecular weight is 502 g/mol. The third kappa shape index (κ3) is 4.94. The first-order chi connectivity index (χ1) is 16.5. The van der Waals surface area contributed by atoms with Gasteiger partial charge in [0.05, 0.1) is 24.3 Å². The Hall–Kier alpha value is -2.94. The van der Waals surface area contributed by atoms with Crippen LogP contribution in [-0.2, 0) is 16.4 Å². The molecule has 0 saturated carbocycles. The number of halogens is 1. The van der Waals surface area contributed by atoms with Gasteiger partial charge >= 0.3 is 0 Å². The van der Waals surface area contributed by atoms with E-state index in [4.69, 9.17) is 30.5 Å². The second-order valence-corrected chi connectivity index (χ2v) is 10.1. The molecule has 1 unspecified atom stereocenters. The van der Waals surface area contributed by atoms with Gasteiger partial charge in [-0.2, -0.15) is 0 Å². The fourth-order valence-corrected chi connectivity index (χ4v) is 5.73. The van der Waals surface area contributed by atoms with E-state index in [0.717, 1.165) is 17.5 Å². The quantitative estimate of drug-likeness (QED) is 0.534. The Morgan fingerprint density at radius 2 is 1.44 bits per heavy atom. The zero-order valence-electron chi connectivity index (χ0n) is 18.3. The SMILES string of the molecule is O=S(=O)(NC(Cc1ccccc1)c1ccc2c(c1)OCCCO2)c1cc2c(cc1Cl)OCCO2. The zero-order valence-corrected chi connectivity index (χ0v) is 19.9. The van der Waals surface area contributed by atoms with Crippen LogP contribution in [0.5, 0.6) is 23.0 Å². The number of ether oxygens (including phenoxy) is 4. The van der Waals surface area contributed by atoms with Crippen molar-refractivity contribution in [3.05, 3.63) is 76.8 Å². The highest BCUT2D eigenvalue weighted by atomic mass is 35.5. The van der Waals surface area contributed by atoms with Crippen LogP contribution < -0.4 is 23.7 Å². The molecule has 0 radical (unpaired) electrons. The third-order valence-electron chi connectivity index (χ3n) is 5.64. The molecule has 3 aromatic carbocycles. The summed E-state index contributed by atoms with van der Waals surface area (Å²) in [6, 6.07) is 17.5. The van der Waals surface area contributed by atoms with Gasteiger partial charge < -0.3 is 18.9 Å². The zero-order chi connectivity index (χ0) is 23.5. The van der Waals surface area contributed by atoms with Crippen molar-refractivity contribution in [2.75, 3.05) is 26.4 Å². The minimum atomic E-state index is -4.01. The van der Waals surface area contributed by atoms with Gasteiger partial charge in [-0.15, -0.1) is 0 Å². The maximum atomic E-state index is 13.5. The molecule has 2 aliphatic rings. The maximum Gasteiger partial charge on any atom is 0.242 e. The molecular formula is C25H24ClNO6S. The van der Waals surface area contributed by atoms with Crippen LogP contribution in [0.15, 0.2) is 65.6 Å². The van der Waals surface area contributed by atoms with E-state index >= 15 is 0 Å². The summed E-state index contributed by atoms with van der Waals surface area (Å²) < 4.78 is 52.5. The largest absolute Gasteiger partial charge is 0.490 e. The molecular weight excluding hydrogens is 478 g/mol. The van der Waals surface area contributed by atoms with E-state index < -0.39 is 16.1 Å². The molecule has 3 aromatic rings. The summed E-state index contributed by atoms with van der Waals surface area (Å²) in [6.45, 7) is 1.85. The Labute approximate surface area is 203 Å². The molecule has 0 saturated heterocycles. The standard InChI is InChI=1S/C25H24ClNO6S/c26-19-15-23-24(33-12-11-32-23)16-25(19)34(28,29)27-20(13-17-5-2-1-3-6-17)18-7-8-21-22(14-18)31-10-4-9-30-21/h1-3,5-8,14-16,20,27H,4,9-13H2. The summed E-state index contributed by atoms with van der Waals surface area (Å²) in [5.41, 5.74) is 1.74. The molecule has 178 valence electrons. The van der Waals surface area contributed by atoms with Crippen LogP contribution in [0, 0.1) is 0 Å². The second-order valence-electron chi connectivity index (χ2n) is 8.05. The Bertz CT molecular complexity index is 1280. The van der Waals surface area contributed by atoms with Crippen LogP contribution >= 0.6 is 11.6 Å². The van der Waals surface area contributed by atoms with Crippen LogP contribution in [0.3, 0.4) is 0 Å². The van der Waals surface area contributed by atoms with E-state index in [-0.39, 0.29) is 9.92 Å². The van der Waals surface area contributed by atoms with Gasteiger partial charge in [-0.3, -0.25) is 0 Å². The first kappa shape index (κ1) is 22.8. The number of benzene rings is 3. The highest BCUT2D eigenvalue weighted by molar-refractivity contribution is 7.89. The van der Waals surface area contributed by atoms with Crippen molar-refractivity contribution in [1.29, 1.82) is 0 Å². The van der Waals surface area contributed by atoms with Crippen molar-refractivity contribution in [3.8, 4) is 23.0 Å². The molecule has 9 heteroatoms. The van der Waals surface area contributed by atoms with E-state index in [2.05, 4.69) is 4.72 Å². The lowest BCUT2D eigenvalue weighted by atomic mass is 9.99. The lowest BCUT2D eigenvalue weighted by molar-refractivity contribution is 0.171. The van der Waals surface area contributed by atoms with Crippen molar-refractivity contribution >= 4 is 21.6 Å². The van der Waals surface area contributed by atoms with Gasteiger partial charge in [0.25, 0.3) is 0 Å². The van der Waals surface area contributed by atoms with Crippen molar-refractivity contribution in [1.82, 2.24) is 4.72 Å². The smallest absolute Gasteiger partial charge is 0.242 e. The Morgan fingerprint density at radius 3 is 2.21 bits per heavy atom. The van der Waals surface area contributed by atoms with E-state index in [9.17, 15) is 8.42 Å². The van der Waals surface area contributed by atoms with Crippen LogP contribution in [0.2, 0.25) is 5.02 Å². The molecule has 5 rings (SSSR count). The maximum absolute atomic E-state index is 13.5. The first-order valence-electron chi connectivity index (χ1n) is 11.0. The fraction of sp³-hybridized carbons (Fsp3) is 0.280. The molecule has 0 fully saturated rings.